The number of nitrogens with two attached hydrogens (primary N) is 1. The van der Waals surface area contributed by atoms with Crippen molar-refractivity contribution in [2.24, 2.45) is 11.8 Å². The molecule has 1 amide bonds. The van der Waals surface area contributed by atoms with Crippen molar-refractivity contribution in [1.82, 2.24) is 9.62 Å². The summed E-state index contributed by atoms with van der Waals surface area (Å²) in [4.78, 5) is 16.0. The van der Waals surface area contributed by atoms with Crippen LogP contribution in [0.25, 0.3) is 0 Å². The van der Waals surface area contributed by atoms with Gasteiger partial charge in [-0.15, -0.1) is 0 Å². The third kappa shape index (κ3) is 9.91. The van der Waals surface area contributed by atoms with Crippen LogP contribution in [0.15, 0.2) is 65.6 Å². The normalized spacial score (nSPS) is 12.7. The lowest BCUT2D eigenvalue weighted by Gasteiger charge is -2.30. The number of carbonyl (C=O) groups is 1. The van der Waals surface area contributed by atoms with E-state index in [9.17, 15) is 18.3 Å². The first-order valence-electron chi connectivity index (χ1n) is 10.7. The molecule has 2 aromatic carbocycles. The van der Waals surface area contributed by atoms with Crippen LogP contribution in [-0.2, 0) is 21.3 Å². The van der Waals surface area contributed by atoms with E-state index in [2.05, 4.69) is 10.2 Å². The zero-order valence-corrected chi connectivity index (χ0v) is 20.0. The molecule has 2 atom stereocenters. The zero-order chi connectivity index (χ0) is 24.1. The van der Waals surface area contributed by atoms with Crippen molar-refractivity contribution in [2.75, 3.05) is 13.1 Å². The number of hydrogen-bond donors (Lipinski definition) is 3. The number of benzene rings is 2. The summed E-state index contributed by atoms with van der Waals surface area (Å²) in [6, 6.07) is 16.5. The molecule has 0 aromatic heterocycles. The molecule has 0 saturated carbocycles. The van der Waals surface area contributed by atoms with Crippen molar-refractivity contribution in [1.29, 1.82) is 0 Å². The quantitative estimate of drug-likeness (QED) is 0.446. The van der Waals surface area contributed by atoms with Crippen LogP contribution in [0.3, 0.4) is 0 Å². The molecule has 0 fully saturated rings. The zero-order valence-electron chi connectivity index (χ0n) is 19.1. The number of hydrogen-bond acceptors (Lipinski definition) is 6. The summed E-state index contributed by atoms with van der Waals surface area (Å²) >= 11 is 0. The highest BCUT2D eigenvalue weighted by Crippen LogP contribution is 2.19. The van der Waals surface area contributed by atoms with Gasteiger partial charge in [-0.05, 0) is 30.0 Å². The molecular formula is C24H39N3O5S. The Balaban J connectivity index is 0.00000332. The first-order chi connectivity index (χ1) is 15.2. The number of aliphatic hydroxyl groups is 1. The third-order valence-electron chi connectivity index (χ3n) is 4.51. The lowest BCUT2D eigenvalue weighted by Crippen LogP contribution is -2.51. The van der Waals surface area contributed by atoms with Gasteiger partial charge in [0.2, 0.25) is 10.0 Å². The Labute approximate surface area is 198 Å². The van der Waals surface area contributed by atoms with Gasteiger partial charge >= 0.3 is 6.09 Å². The molecule has 0 saturated heterocycles. The third-order valence-corrected chi connectivity index (χ3v) is 6.36. The van der Waals surface area contributed by atoms with E-state index in [-0.39, 0.29) is 37.8 Å². The molecule has 33 heavy (non-hydrogen) atoms. The standard InChI is InChI=1S/C21H29N3O5S.C2H6.CH4/c1-16(2)14-24(30(27,28)18-11-7-4-8-12-18)15-20(25)19(23-21(26)29-22)13-17-9-5-3-6-10-17;1-2;/h3-12,16,19-20,25H,13-15,22H2,1-2H3,(H,23,26);1-2H3;1H4. The molecule has 2 unspecified atom stereocenters. The number of nitrogens with zero attached hydrogens (tertiary/aromatic N) is 1. The van der Waals surface area contributed by atoms with E-state index in [1.54, 1.807) is 18.2 Å². The Kier molecular flexibility index (Phi) is 14.2. The second kappa shape index (κ2) is 15.4. The average Bonchev–Trinajstić information content (AvgIpc) is 2.80. The van der Waals surface area contributed by atoms with Crippen LogP contribution in [0, 0.1) is 5.92 Å². The molecule has 9 heteroatoms. The van der Waals surface area contributed by atoms with Crippen molar-refractivity contribution in [3.8, 4) is 0 Å². The van der Waals surface area contributed by atoms with Gasteiger partial charge in [0.05, 0.1) is 17.0 Å². The highest BCUT2D eigenvalue weighted by atomic mass is 32.2. The molecule has 0 aliphatic heterocycles. The topological polar surface area (TPSA) is 122 Å². The molecule has 8 nitrogen and oxygen atoms in total. The van der Waals surface area contributed by atoms with Gasteiger partial charge in [-0.25, -0.2) is 13.2 Å². The summed E-state index contributed by atoms with van der Waals surface area (Å²) in [5.41, 5.74) is 0.861. The van der Waals surface area contributed by atoms with E-state index in [0.717, 1.165) is 5.56 Å². The second-order valence-corrected chi connectivity index (χ2v) is 9.38. The minimum atomic E-state index is -3.83. The number of sulfonamides is 1. The van der Waals surface area contributed by atoms with Gasteiger partial charge in [0, 0.05) is 13.1 Å². The highest BCUT2D eigenvalue weighted by molar-refractivity contribution is 7.89. The first-order valence-corrected chi connectivity index (χ1v) is 12.1. The second-order valence-electron chi connectivity index (χ2n) is 7.44. The maximum absolute atomic E-state index is 13.1. The van der Waals surface area contributed by atoms with Crippen molar-refractivity contribution < 1.29 is 23.2 Å². The summed E-state index contributed by atoms with van der Waals surface area (Å²) in [5, 5.41) is 13.4. The van der Waals surface area contributed by atoms with Gasteiger partial charge in [-0.2, -0.15) is 10.2 Å². The molecule has 0 radical (unpaired) electrons. The van der Waals surface area contributed by atoms with E-state index in [4.69, 9.17) is 5.90 Å². The molecule has 0 spiro atoms. The van der Waals surface area contributed by atoms with Gasteiger partial charge in [0.15, 0.2) is 0 Å². The lowest BCUT2D eigenvalue weighted by molar-refractivity contribution is 0.0894. The summed E-state index contributed by atoms with van der Waals surface area (Å²) in [7, 11) is -3.83. The number of rotatable bonds is 10. The van der Waals surface area contributed by atoms with Crippen molar-refractivity contribution in [3.63, 3.8) is 0 Å². The summed E-state index contributed by atoms with van der Waals surface area (Å²) in [5.74, 6) is 4.96. The van der Waals surface area contributed by atoms with Crippen LogP contribution >= 0.6 is 0 Å². The first kappa shape index (κ1) is 30.5. The lowest BCUT2D eigenvalue weighted by atomic mass is 10.0. The highest BCUT2D eigenvalue weighted by Gasteiger charge is 2.31. The van der Waals surface area contributed by atoms with Crippen molar-refractivity contribution in [3.05, 3.63) is 66.2 Å². The molecular weight excluding hydrogens is 442 g/mol. The van der Waals surface area contributed by atoms with E-state index >= 15 is 0 Å². The maximum Gasteiger partial charge on any atom is 0.426 e. The van der Waals surface area contributed by atoms with Crippen LogP contribution < -0.4 is 11.2 Å². The number of nitrogens with one attached hydrogen (secondary N) is 1. The van der Waals surface area contributed by atoms with Crippen LogP contribution in [0.5, 0.6) is 0 Å². The Morgan fingerprint density at radius 3 is 2.03 bits per heavy atom. The molecule has 2 aromatic rings. The van der Waals surface area contributed by atoms with Gasteiger partial charge < -0.3 is 15.3 Å². The largest absolute Gasteiger partial charge is 0.426 e. The number of carbonyl (C=O) groups excluding carboxylic acids is 1. The summed E-state index contributed by atoms with van der Waals surface area (Å²) in [6.07, 6.45) is -1.82. The maximum atomic E-state index is 13.1. The molecule has 0 heterocycles. The molecule has 2 rings (SSSR count). The fourth-order valence-electron chi connectivity index (χ4n) is 3.09. The molecule has 186 valence electrons. The Morgan fingerprint density at radius 1 is 1.03 bits per heavy atom. The van der Waals surface area contributed by atoms with Gasteiger partial charge in [0.25, 0.3) is 0 Å². The van der Waals surface area contributed by atoms with Crippen LogP contribution in [0.4, 0.5) is 4.79 Å². The average molecular weight is 482 g/mol. The van der Waals surface area contributed by atoms with Gasteiger partial charge in [-0.3, -0.25) is 0 Å². The van der Waals surface area contributed by atoms with Gasteiger partial charge in [-0.1, -0.05) is 83.7 Å². The van der Waals surface area contributed by atoms with E-state index in [0.29, 0.717) is 0 Å². The van der Waals surface area contributed by atoms with Crippen molar-refractivity contribution >= 4 is 16.1 Å². The van der Waals surface area contributed by atoms with E-state index in [1.807, 2.05) is 58.0 Å². The predicted molar refractivity (Wildman–Crippen MR) is 132 cm³/mol. The monoisotopic (exact) mass is 481 g/mol. The van der Waals surface area contributed by atoms with E-state index in [1.165, 1.54) is 16.4 Å². The molecule has 0 aliphatic carbocycles. The molecule has 4 N–H and O–H groups in total. The molecule has 0 aliphatic rings. The fraction of sp³-hybridized carbons (Fsp3) is 0.458. The van der Waals surface area contributed by atoms with Crippen LogP contribution in [0.2, 0.25) is 0 Å². The minimum Gasteiger partial charge on any atom is -0.390 e. The Bertz CT molecular complexity index is 893. The van der Waals surface area contributed by atoms with Crippen molar-refractivity contribution in [2.45, 2.75) is 58.6 Å². The van der Waals surface area contributed by atoms with Crippen LogP contribution in [-0.4, -0.2) is 49.2 Å². The number of amides is 1. The fourth-order valence-corrected chi connectivity index (χ4v) is 4.73. The van der Waals surface area contributed by atoms with Crippen LogP contribution in [0.1, 0.15) is 40.7 Å². The Hall–Kier alpha value is -2.46. The number of aliphatic hydroxyl groups excluding tert-OH is 1. The predicted octanol–water partition coefficient (Wildman–Crippen LogP) is 3.57. The summed E-state index contributed by atoms with van der Waals surface area (Å²) < 4.78 is 27.5. The van der Waals surface area contributed by atoms with Gasteiger partial charge in [0.1, 0.15) is 0 Å². The van der Waals surface area contributed by atoms with E-state index < -0.39 is 28.3 Å². The smallest absolute Gasteiger partial charge is 0.390 e. The Morgan fingerprint density at radius 2 is 1.55 bits per heavy atom. The summed E-state index contributed by atoms with van der Waals surface area (Å²) in [6.45, 7) is 7.81. The molecule has 0 bridgehead atoms. The minimum absolute atomic E-state index is 0. The SMILES string of the molecule is C.CC.CC(C)CN(CC(O)C(Cc1ccccc1)NC(=O)ON)S(=O)(=O)c1ccccc1.